The zero-order valence-electron chi connectivity index (χ0n) is 18.6. The van der Waals surface area contributed by atoms with Crippen LogP contribution in [-0.4, -0.2) is 38.6 Å². The average molecular weight is 465 g/mol. The van der Waals surface area contributed by atoms with Gasteiger partial charge in [-0.1, -0.05) is 37.3 Å². The summed E-state index contributed by atoms with van der Waals surface area (Å²) in [5.41, 5.74) is 1.00. The van der Waals surface area contributed by atoms with E-state index in [1.165, 1.54) is 28.6 Å². The van der Waals surface area contributed by atoms with Gasteiger partial charge in [-0.05, 0) is 49.1 Å². The van der Waals surface area contributed by atoms with Crippen molar-refractivity contribution in [2.24, 2.45) is 5.92 Å². The highest BCUT2D eigenvalue weighted by Crippen LogP contribution is 2.43. The van der Waals surface area contributed by atoms with Gasteiger partial charge >= 0.3 is 5.91 Å². The summed E-state index contributed by atoms with van der Waals surface area (Å²) in [4.78, 5) is 31.5. The molecular formula is C24H24N4O4S. The number of ketones is 1. The van der Waals surface area contributed by atoms with Gasteiger partial charge in [0, 0.05) is 18.0 Å². The number of hydrogen-bond donors (Lipinski definition) is 1. The summed E-state index contributed by atoms with van der Waals surface area (Å²) in [5, 5.41) is 20.1. The van der Waals surface area contributed by atoms with Gasteiger partial charge in [-0.15, -0.1) is 10.2 Å². The van der Waals surface area contributed by atoms with Crippen LogP contribution in [0.5, 0.6) is 5.75 Å². The summed E-state index contributed by atoms with van der Waals surface area (Å²) in [6, 6.07) is 9.51. The fraction of sp³-hybridized carbons (Fsp3) is 0.292. The maximum atomic E-state index is 13.1. The minimum absolute atomic E-state index is 0.0154. The van der Waals surface area contributed by atoms with Crippen LogP contribution >= 0.6 is 11.3 Å². The number of aliphatic hydroxyl groups is 1. The Morgan fingerprint density at radius 1 is 1.18 bits per heavy atom. The van der Waals surface area contributed by atoms with Gasteiger partial charge in [0.25, 0.3) is 5.78 Å². The van der Waals surface area contributed by atoms with Crippen molar-refractivity contribution in [3.05, 3.63) is 70.5 Å². The number of aromatic nitrogens is 3. The van der Waals surface area contributed by atoms with Crippen LogP contribution in [-0.2, 0) is 9.59 Å². The minimum atomic E-state index is -0.876. The van der Waals surface area contributed by atoms with Crippen LogP contribution in [0.4, 0.5) is 5.13 Å². The van der Waals surface area contributed by atoms with Crippen LogP contribution in [0.1, 0.15) is 42.4 Å². The Labute approximate surface area is 195 Å². The van der Waals surface area contributed by atoms with Crippen molar-refractivity contribution in [3.63, 3.8) is 0 Å². The van der Waals surface area contributed by atoms with Crippen molar-refractivity contribution in [3.8, 4) is 5.75 Å². The number of nitrogens with zero attached hydrogens (tertiary/aromatic N) is 4. The molecule has 1 amide bonds. The van der Waals surface area contributed by atoms with E-state index in [1.807, 2.05) is 6.07 Å². The third-order valence-electron chi connectivity index (χ3n) is 5.26. The summed E-state index contributed by atoms with van der Waals surface area (Å²) in [7, 11) is 0. The topological polar surface area (TPSA) is 106 Å². The van der Waals surface area contributed by atoms with Crippen molar-refractivity contribution in [1.29, 1.82) is 0 Å². The van der Waals surface area contributed by atoms with Gasteiger partial charge in [0.1, 0.15) is 16.5 Å². The number of amides is 1. The third kappa shape index (κ3) is 4.63. The summed E-state index contributed by atoms with van der Waals surface area (Å²) in [6.45, 7) is 6.56. The average Bonchev–Trinajstić information content (AvgIpc) is 3.34. The summed E-state index contributed by atoms with van der Waals surface area (Å²) in [6.07, 6.45) is 3.92. The van der Waals surface area contributed by atoms with Crippen LogP contribution < -0.4 is 9.64 Å². The zero-order valence-corrected chi connectivity index (χ0v) is 19.4. The number of benzene rings is 1. The fourth-order valence-corrected chi connectivity index (χ4v) is 4.30. The Kier molecular flexibility index (Phi) is 6.50. The molecule has 0 bridgehead atoms. The van der Waals surface area contributed by atoms with E-state index < -0.39 is 17.7 Å². The predicted molar refractivity (Wildman–Crippen MR) is 125 cm³/mol. The Hall–Kier alpha value is -3.59. The first kappa shape index (κ1) is 22.6. The number of pyridine rings is 1. The maximum Gasteiger partial charge on any atom is 0.301 e. The molecule has 2 aromatic heterocycles. The quantitative estimate of drug-likeness (QED) is 0.316. The van der Waals surface area contributed by atoms with Gasteiger partial charge in [-0.25, -0.2) is 0 Å². The second-order valence-corrected chi connectivity index (χ2v) is 9.27. The van der Waals surface area contributed by atoms with Crippen LogP contribution in [0.25, 0.3) is 5.76 Å². The second kappa shape index (κ2) is 9.50. The molecule has 1 saturated heterocycles. The molecule has 1 N–H and O–H groups in total. The van der Waals surface area contributed by atoms with Crippen LogP contribution in [0, 0.1) is 12.8 Å². The number of carbonyl (C=O) groups is 2. The Morgan fingerprint density at radius 3 is 2.61 bits per heavy atom. The number of Topliss-reactive ketones (excluding diaryl/α,β-unsaturated/α-hetero) is 1. The molecule has 0 radical (unpaired) electrons. The Morgan fingerprint density at radius 2 is 1.94 bits per heavy atom. The fourth-order valence-electron chi connectivity index (χ4n) is 3.58. The SMILES string of the molecule is Cc1nnc(N2C(=O)C(=O)C(=C(O)c3ccncc3)C2c2cccc(OCCC(C)C)c2)s1. The number of aryl methyl sites for hydroxylation is 1. The normalized spacial score (nSPS) is 17.7. The van der Waals surface area contributed by atoms with E-state index in [2.05, 4.69) is 29.0 Å². The molecule has 1 aliphatic heterocycles. The largest absolute Gasteiger partial charge is 0.507 e. The highest BCUT2D eigenvalue weighted by Gasteiger charge is 2.48. The van der Waals surface area contributed by atoms with E-state index in [0.29, 0.717) is 39.5 Å². The van der Waals surface area contributed by atoms with Crippen molar-refractivity contribution in [2.45, 2.75) is 33.2 Å². The van der Waals surface area contributed by atoms with Gasteiger partial charge in [0.15, 0.2) is 0 Å². The molecule has 1 unspecified atom stereocenters. The molecule has 1 fully saturated rings. The zero-order chi connectivity index (χ0) is 23.5. The number of aliphatic hydroxyl groups excluding tert-OH is 1. The van der Waals surface area contributed by atoms with Gasteiger partial charge in [-0.3, -0.25) is 19.5 Å². The number of anilines is 1. The van der Waals surface area contributed by atoms with E-state index in [1.54, 1.807) is 37.3 Å². The molecule has 8 nitrogen and oxygen atoms in total. The predicted octanol–water partition coefficient (Wildman–Crippen LogP) is 4.29. The third-order valence-corrected chi connectivity index (χ3v) is 6.10. The van der Waals surface area contributed by atoms with E-state index in [-0.39, 0.29) is 11.3 Å². The number of rotatable bonds is 7. The van der Waals surface area contributed by atoms with Crippen molar-refractivity contribution in [2.75, 3.05) is 11.5 Å². The number of carbonyl (C=O) groups excluding carboxylic acids is 2. The molecule has 9 heteroatoms. The van der Waals surface area contributed by atoms with Crippen molar-refractivity contribution >= 4 is 33.9 Å². The van der Waals surface area contributed by atoms with Crippen LogP contribution in [0.15, 0.2) is 54.4 Å². The molecular weight excluding hydrogens is 440 g/mol. The lowest BCUT2D eigenvalue weighted by molar-refractivity contribution is -0.132. The minimum Gasteiger partial charge on any atom is -0.507 e. The molecule has 170 valence electrons. The van der Waals surface area contributed by atoms with Crippen molar-refractivity contribution < 1.29 is 19.4 Å². The standard InChI is InChI=1S/C24H24N4O4S/c1-14(2)9-12-32-18-6-4-5-17(13-18)20-19(21(29)16-7-10-25-11-8-16)22(30)23(31)28(20)24-27-26-15(3)33-24/h4-8,10-11,13-14,20,29H,9,12H2,1-3H3. The summed E-state index contributed by atoms with van der Waals surface area (Å²) < 4.78 is 5.90. The first-order valence-electron chi connectivity index (χ1n) is 10.6. The van der Waals surface area contributed by atoms with E-state index in [0.717, 1.165) is 6.42 Å². The summed E-state index contributed by atoms with van der Waals surface area (Å²) >= 11 is 1.21. The molecule has 4 rings (SSSR count). The summed E-state index contributed by atoms with van der Waals surface area (Å²) in [5.74, 6) is -0.695. The van der Waals surface area contributed by atoms with E-state index in [9.17, 15) is 14.7 Å². The number of ether oxygens (including phenoxy) is 1. The molecule has 3 aromatic rings. The molecule has 3 heterocycles. The van der Waals surface area contributed by atoms with Gasteiger partial charge in [0.05, 0.1) is 18.2 Å². The molecule has 1 atom stereocenters. The smallest absolute Gasteiger partial charge is 0.301 e. The van der Waals surface area contributed by atoms with Crippen LogP contribution in [0.3, 0.4) is 0 Å². The van der Waals surface area contributed by atoms with Gasteiger partial charge < -0.3 is 9.84 Å². The lowest BCUT2D eigenvalue weighted by atomic mass is 9.95. The Balaban J connectivity index is 1.82. The first-order chi connectivity index (χ1) is 15.9. The molecule has 1 aromatic carbocycles. The first-order valence-corrected chi connectivity index (χ1v) is 11.4. The van der Waals surface area contributed by atoms with E-state index in [4.69, 9.17) is 4.74 Å². The lowest BCUT2D eigenvalue weighted by Crippen LogP contribution is -2.29. The van der Waals surface area contributed by atoms with Gasteiger partial charge in [0.2, 0.25) is 5.13 Å². The number of hydrogen-bond acceptors (Lipinski definition) is 8. The molecule has 0 saturated carbocycles. The van der Waals surface area contributed by atoms with Crippen LogP contribution in [0.2, 0.25) is 0 Å². The van der Waals surface area contributed by atoms with Crippen molar-refractivity contribution in [1.82, 2.24) is 15.2 Å². The maximum absolute atomic E-state index is 13.1. The lowest BCUT2D eigenvalue weighted by Gasteiger charge is -2.23. The monoisotopic (exact) mass is 464 g/mol. The Bertz CT molecular complexity index is 1210. The molecule has 33 heavy (non-hydrogen) atoms. The van der Waals surface area contributed by atoms with E-state index >= 15 is 0 Å². The highest BCUT2D eigenvalue weighted by molar-refractivity contribution is 7.15. The molecule has 0 aliphatic carbocycles. The molecule has 1 aliphatic rings. The highest BCUT2D eigenvalue weighted by atomic mass is 32.1. The van der Waals surface area contributed by atoms with Gasteiger partial charge in [-0.2, -0.15) is 0 Å². The molecule has 0 spiro atoms. The second-order valence-electron chi connectivity index (χ2n) is 8.11.